The number of alkyl halides is 2. The molecule has 0 saturated carbocycles. The van der Waals surface area contributed by atoms with Crippen LogP contribution in [0.5, 0.6) is 0 Å². The Kier molecular flexibility index (Phi) is 3.08. The molecule has 2 aromatic rings. The molecule has 1 heterocycles. The fourth-order valence-corrected chi connectivity index (χ4v) is 1.71. The van der Waals surface area contributed by atoms with Gasteiger partial charge in [0.25, 0.3) is 6.43 Å². The van der Waals surface area contributed by atoms with Crippen molar-refractivity contribution in [3.05, 3.63) is 36.0 Å². The molecule has 17 heavy (non-hydrogen) atoms. The summed E-state index contributed by atoms with van der Waals surface area (Å²) in [6, 6.07) is 7.25. The molecule has 0 spiro atoms. The molecule has 3 nitrogen and oxygen atoms in total. The Bertz CT molecular complexity index is 520. The predicted molar refractivity (Wildman–Crippen MR) is 63.1 cm³/mol. The van der Waals surface area contributed by atoms with Crippen molar-refractivity contribution in [2.24, 2.45) is 7.05 Å². The molecule has 0 fully saturated rings. The van der Waals surface area contributed by atoms with E-state index in [1.54, 1.807) is 26.2 Å². The zero-order chi connectivity index (χ0) is 12.4. The molecule has 90 valence electrons. The van der Waals surface area contributed by atoms with Gasteiger partial charge in [-0.15, -0.1) is 0 Å². The van der Waals surface area contributed by atoms with Crippen LogP contribution in [-0.2, 0) is 7.05 Å². The first kappa shape index (κ1) is 11.6. The third-order valence-corrected chi connectivity index (χ3v) is 2.52. The summed E-state index contributed by atoms with van der Waals surface area (Å²) >= 11 is 0. The summed E-state index contributed by atoms with van der Waals surface area (Å²) in [5.74, 6) is 0. The Balaban J connectivity index is 2.51. The minimum Gasteiger partial charge on any atom is -0.388 e. The number of rotatable bonds is 3. The fraction of sp³-hybridized carbons (Fsp3) is 0.250. The first-order chi connectivity index (χ1) is 8.11. The highest BCUT2D eigenvalue weighted by atomic mass is 19.3. The van der Waals surface area contributed by atoms with Crippen LogP contribution in [0.25, 0.3) is 11.3 Å². The van der Waals surface area contributed by atoms with E-state index in [1.165, 1.54) is 10.9 Å². The predicted octanol–water partition coefficient (Wildman–Crippen LogP) is 3.07. The maximum atomic E-state index is 12.8. The lowest BCUT2D eigenvalue weighted by molar-refractivity contribution is 0.152. The SMILES string of the molecule is CNc1cccc(-c2nn(C)cc2C(F)F)c1. The van der Waals surface area contributed by atoms with Crippen molar-refractivity contribution in [1.29, 1.82) is 0 Å². The second-order valence-electron chi connectivity index (χ2n) is 3.74. The van der Waals surface area contributed by atoms with Gasteiger partial charge < -0.3 is 5.32 Å². The number of nitrogens with one attached hydrogen (secondary N) is 1. The Morgan fingerprint density at radius 1 is 1.35 bits per heavy atom. The summed E-state index contributed by atoms with van der Waals surface area (Å²) in [5, 5.41) is 7.06. The van der Waals surface area contributed by atoms with E-state index in [2.05, 4.69) is 10.4 Å². The summed E-state index contributed by atoms with van der Waals surface area (Å²) in [5.41, 5.74) is 1.85. The number of aromatic nitrogens is 2. The van der Waals surface area contributed by atoms with Crippen LogP contribution in [0.2, 0.25) is 0 Å². The molecular formula is C12H13F2N3. The molecule has 0 aliphatic carbocycles. The average molecular weight is 237 g/mol. The number of hydrogen-bond donors (Lipinski definition) is 1. The number of halogens is 2. The largest absolute Gasteiger partial charge is 0.388 e. The van der Waals surface area contributed by atoms with E-state index < -0.39 is 6.43 Å². The van der Waals surface area contributed by atoms with Crippen LogP contribution in [0.15, 0.2) is 30.5 Å². The van der Waals surface area contributed by atoms with Gasteiger partial charge in [-0.25, -0.2) is 8.78 Å². The monoisotopic (exact) mass is 237 g/mol. The average Bonchev–Trinajstić information content (AvgIpc) is 2.72. The van der Waals surface area contributed by atoms with Crippen molar-refractivity contribution in [1.82, 2.24) is 9.78 Å². The molecule has 0 bridgehead atoms. The molecule has 0 atom stereocenters. The quantitative estimate of drug-likeness (QED) is 0.889. The van der Waals surface area contributed by atoms with Crippen LogP contribution in [-0.4, -0.2) is 16.8 Å². The van der Waals surface area contributed by atoms with Gasteiger partial charge in [0.1, 0.15) is 5.69 Å². The number of nitrogens with zero attached hydrogens (tertiary/aromatic N) is 2. The van der Waals surface area contributed by atoms with Gasteiger partial charge in [-0.1, -0.05) is 12.1 Å². The highest BCUT2D eigenvalue weighted by Gasteiger charge is 2.18. The molecule has 1 N–H and O–H groups in total. The van der Waals surface area contributed by atoms with Gasteiger partial charge in [0.2, 0.25) is 0 Å². The summed E-state index contributed by atoms with van der Waals surface area (Å²) in [6.07, 6.45) is -1.16. The van der Waals surface area contributed by atoms with Crippen molar-refractivity contribution < 1.29 is 8.78 Å². The van der Waals surface area contributed by atoms with Crippen LogP contribution >= 0.6 is 0 Å². The highest BCUT2D eigenvalue weighted by Crippen LogP contribution is 2.30. The number of hydrogen-bond acceptors (Lipinski definition) is 2. The van der Waals surface area contributed by atoms with E-state index >= 15 is 0 Å². The highest BCUT2D eigenvalue weighted by molar-refractivity contribution is 5.67. The minimum absolute atomic E-state index is 0.0410. The molecule has 1 aromatic carbocycles. The van der Waals surface area contributed by atoms with Crippen LogP contribution in [0, 0.1) is 0 Å². The zero-order valence-electron chi connectivity index (χ0n) is 9.61. The maximum absolute atomic E-state index is 12.8. The van der Waals surface area contributed by atoms with Gasteiger partial charge in [0.15, 0.2) is 0 Å². The smallest absolute Gasteiger partial charge is 0.267 e. The number of benzene rings is 1. The molecular weight excluding hydrogens is 224 g/mol. The summed E-state index contributed by atoms with van der Waals surface area (Å²) < 4.78 is 27.1. The lowest BCUT2D eigenvalue weighted by atomic mass is 10.1. The van der Waals surface area contributed by atoms with E-state index in [0.717, 1.165) is 5.69 Å². The minimum atomic E-state index is -2.52. The topological polar surface area (TPSA) is 29.9 Å². The first-order valence-corrected chi connectivity index (χ1v) is 5.21. The molecule has 0 amide bonds. The van der Waals surface area contributed by atoms with E-state index in [4.69, 9.17) is 0 Å². The Morgan fingerprint density at radius 2 is 2.12 bits per heavy atom. The van der Waals surface area contributed by atoms with Crippen molar-refractivity contribution in [3.8, 4) is 11.3 Å². The lowest BCUT2D eigenvalue weighted by Crippen LogP contribution is -1.91. The van der Waals surface area contributed by atoms with Gasteiger partial charge in [-0.05, 0) is 12.1 Å². The van der Waals surface area contributed by atoms with Crippen LogP contribution < -0.4 is 5.32 Å². The van der Waals surface area contributed by atoms with Gasteiger partial charge in [0.05, 0.1) is 5.56 Å². The molecule has 2 rings (SSSR count). The molecule has 0 unspecified atom stereocenters. The molecule has 5 heteroatoms. The summed E-state index contributed by atoms with van der Waals surface area (Å²) in [6.45, 7) is 0. The van der Waals surface area contributed by atoms with Crippen molar-refractivity contribution in [3.63, 3.8) is 0 Å². The third kappa shape index (κ3) is 2.27. The summed E-state index contributed by atoms with van der Waals surface area (Å²) in [4.78, 5) is 0. The van der Waals surface area contributed by atoms with E-state index in [-0.39, 0.29) is 5.56 Å². The molecule has 0 saturated heterocycles. The van der Waals surface area contributed by atoms with E-state index in [0.29, 0.717) is 11.3 Å². The molecule has 0 radical (unpaired) electrons. The van der Waals surface area contributed by atoms with Crippen LogP contribution in [0.4, 0.5) is 14.5 Å². The van der Waals surface area contributed by atoms with E-state index in [1.807, 2.05) is 12.1 Å². The molecule has 0 aliphatic heterocycles. The van der Waals surface area contributed by atoms with Gasteiger partial charge in [0, 0.05) is 31.5 Å². The standard InChI is InChI=1S/C12H13F2N3/c1-15-9-5-3-4-8(6-9)11-10(12(13)14)7-17(2)16-11/h3-7,12,15H,1-2H3. The van der Waals surface area contributed by atoms with Gasteiger partial charge in [-0.3, -0.25) is 4.68 Å². The molecule has 1 aromatic heterocycles. The first-order valence-electron chi connectivity index (χ1n) is 5.21. The fourth-order valence-electron chi connectivity index (χ4n) is 1.71. The van der Waals surface area contributed by atoms with Gasteiger partial charge in [-0.2, -0.15) is 5.10 Å². The Hall–Kier alpha value is -1.91. The normalized spacial score (nSPS) is 10.9. The van der Waals surface area contributed by atoms with E-state index in [9.17, 15) is 8.78 Å². The maximum Gasteiger partial charge on any atom is 0.267 e. The van der Waals surface area contributed by atoms with Crippen molar-refractivity contribution >= 4 is 5.69 Å². The van der Waals surface area contributed by atoms with Crippen molar-refractivity contribution in [2.75, 3.05) is 12.4 Å². The third-order valence-electron chi connectivity index (χ3n) is 2.52. The number of anilines is 1. The van der Waals surface area contributed by atoms with Crippen LogP contribution in [0.1, 0.15) is 12.0 Å². The summed E-state index contributed by atoms with van der Waals surface area (Å²) in [7, 11) is 3.42. The lowest BCUT2D eigenvalue weighted by Gasteiger charge is -2.04. The van der Waals surface area contributed by atoms with Gasteiger partial charge >= 0.3 is 0 Å². The molecule has 0 aliphatic rings. The second-order valence-corrected chi connectivity index (χ2v) is 3.74. The number of aryl methyl sites for hydroxylation is 1. The Labute approximate surface area is 98.1 Å². The van der Waals surface area contributed by atoms with Crippen LogP contribution in [0.3, 0.4) is 0 Å². The Morgan fingerprint density at radius 3 is 2.76 bits per heavy atom. The zero-order valence-corrected chi connectivity index (χ0v) is 9.61. The second kappa shape index (κ2) is 4.53. The van der Waals surface area contributed by atoms with Crippen molar-refractivity contribution in [2.45, 2.75) is 6.43 Å².